The van der Waals surface area contributed by atoms with Crippen LogP contribution in [0.2, 0.25) is 0 Å². The summed E-state index contributed by atoms with van der Waals surface area (Å²) in [6, 6.07) is 5.66. The maximum absolute atomic E-state index is 9.52. The standard InChI is InChI=1S/C12H15N3O/c13-12-14-10-6-5-9(16)7-11(10)15(12)8-3-1-2-4-8/h5-8,16H,1-4H2,(H2,13,14). The van der Waals surface area contributed by atoms with Gasteiger partial charge < -0.3 is 15.4 Å². The largest absolute Gasteiger partial charge is 0.508 e. The quantitative estimate of drug-likeness (QED) is 0.771. The molecule has 1 heterocycles. The Bertz CT molecular complexity index is 526. The second-order valence-electron chi connectivity index (χ2n) is 4.45. The summed E-state index contributed by atoms with van der Waals surface area (Å²) >= 11 is 0. The van der Waals surface area contributed by atoms with E-state index in [0.717, 1.165) is 23.9 Å². The number of nitrogens with two attached hydrogens (primary N) is 1. The van der Waals surface area contributed by atoms with Crippen LogP contribution in [0, 0.1) is 0 Å². The van der Waals surface area contributed by atoms with Crippen LogP contribution >= 0.6 is 0 Å². The Morgan fingerprint density at radius 1 is 1.31 bits per heavy atom. The van der Waals surface area contributed by atoms with E-state index in [0.29, 0.717) is 12.0 Å². The molecule has 1 aliphatic rings. The van der Waals surface area contributed by atoms with Gasteiger partial charge in [0.15, 0.2) is 0 Å². The van der Waals surface area contributed by atoms with Crippen LogP contribution in [0.25, 0.3) is 11.0 Å². The fourth-order valence-electron chi connectivity index (χ4n) is 2.65. The van der Waals surface area contributed by atoms with Gasteiger partial charge in [-0.25, -0.2) is 4.98 Å². The van der Waals surface area contributed by atoms with Crippen LogP contribution in [0.1, 0.15) is 31.7 Å². The van der Waals surface area contributed by atoms with Crippen molar-refractivity contribution in [2.75, 3.05) is 5.73 Å². The topological polar surface area (TPSA) is 64.1 Å². The summed E-state index contributed by atoms with van der Waals surface area (Å²) in [6.45, 7) is 0. The van der Waals surface area contributed by atoms with Crippen LogP contribution in [-0.4, -0.2) is 14.7 Å². The van der Waals surface area contributed by atoms with Gasteiger partial charge in [-0.1, -0.05) is 12.8 Å². The minimum Gasteiger partial charge on any atom is -0.508 e. The first-order valence-electron chi connectivity index (χ1n) is 5.72. The molecular formula is C12H15N3O. The number of phenols is 1. The Balaban J connectivity index is 2.20. The van der Waals surface area contributed by atoms with Gasteiger partial charge in [0.1, 0.15) is 5.75 Å². The SMILES string of the molecule is Nc1nc2ccc(O)cc2n1C1CCCC1. The maximum atomic E-state index is 9.52. The number of hydrogen-bond donors (Lipinski definition) is 2. The van der Waals surface area contributed by atoms with Gasteiger partial charge in [0.25, 0.3) is 0 Å². The van der Waals surface area contributed by atoms with E-state index >= 15 is 0 Å². The van der Waals surface area contributed by atoms with Crippen molar-refractivity contribution in [2.24, 2.45) is 0 Å². The number of nitrogen functional groups attached to an aromatic ring is 1. The normalized spacial score (nSPS) is 17.2. The molecule has 1 aliphatic carbocycles. The number of aromatic nitrogens is 2. The average molecular weight is 217 g/mol. The fourth-order valence-corrected chi connectivity index (χ4v) is 2.65. The molecule has 1 fully saturated rings. The first-order valence-corrected chi connectivity index (χ1v) is 5.72. The second-order valence-corrected chi connectivity index (χ2v) is 4.45. The number of hydrogen-bond acceptors (Lipinski definition) is 3. The predicted molar refractivity (Wildman–Crippen MR) is 63.3 cm³/mol. The highest BCUT2D eigenvalue weighted by molar-refractivity contribution is 5.80. The molecule has 0 amide bonds. The van der Waals surface area contributed by atoms with Crippen molar-refractivity contribution in [1.29, 1.82) is 0 Å². The molecule has 1 aromatic heterocycles. The van der Waals surface area contributed by atoms with Crippen LogP contribution in [0.15, 0.2) is 18.2 Å². The molecule has 3 N–H and O–H groups in total. The molecule has 1 saturated carbocycles. The molecule has 4 nitrogen and oxygen atoms in total. The molecule has 16 heavy (non-hydrogen) atoms. The molecule has 0 unspecified atom stereocenters. The van der Waals surface area contributed by atoms with Crippen LogP contribution in [0.5, 0.6) is 5.75 Å². The Labute approximate surface area is 93.7 Å². The van der Waals surface area contributed by atoms with E-state index in [4.69, 9.17) is 5.73 Å². The monoisotopic (exact) mass is 217 g/mol. The van der Waals surface area contributed by atoms with Crippen molar-refractivity contribution >= 4 is 17.0 Å². The lowest BCUT2D eigenvalue weighted by Gasteiger charge is -2.14. The van der Waals surface area contributed by atoms with E-state index in [9.17, 15) is 5.11 Å². The number of phenolic OH excluding ortho intramolecular Hbond substituents is 1. The summed E-state index contributed by atoms with van der Waals surface area (Å²) in [6.07, 6.45) is 4.82. The van der Waals surface area contributed by atoms with Crippen molar-refractivity contribution < 1.29 is 5.11 Å². The highest BCUT2D eigenvalue weighted by atomic mass is 16.3. The molecule has 0 bridgehead atoms. The van der Waals surface area contributed by atoms with Crippen LogP contribution < -0.4 is 5.73 Å². The van der Waals surface area contributed by atoms with E-state index in [1.54, 1.807) is 12.1 Å². The van der Waals surface area contributed by atoms with Gasteiger partial charge in [-0.3, -0.25) is 0 Å². The molecule has 2 aromatic rings. The number of benzene rings is 1. The molecule has 0 radical (unpaired) electrons. The van der Waals surface area contributed by atoms with Gasteiger partial charge >= 0.3 is 0 Å². The summed E-state index contributed by atoms with van der Waals surface area (Å²) in [5, 5.41) is 9.52. The van der Waals surface area contributed by atoms with Crippen molar-refractivity contribution in [3.05, 3.63) is 18.2 Å². The zero-order valence-corrected chi connectivity index (χ0v) is 9.06. The van der Waals surface area contributed by atoms with E-state index in [2.05, 4.69) is 9.55 Å². The third kappa shape index (κ3) is 1.33. The summed E-state index contributed by atoms with van der Waals surface area (Å²) in [7, 11) is 0. The van der Waals surface area contributed by atoms with Crippen molar-refractivity contribution in [1.82, 2.24) is 9.55 Å². The predicted octanol–water partition coefficient (Wildman–Crippen LogP) is 2.44. The van der Waals surface area contributed by atoms with E-state index in [1.165, 1.54) is 12.8 Å². The van der Waals surface area contributed by atoms with Gasteiger partial charge in [-0.05, 0) is 25.0 Å². The highest BCUT2D eigenvalue weighted by Crippen LogP contribution is 2.35. The van der Waals surface area contributed by atoms with Crippen molar-refractivity contribution in [3.8, 4) is 5.75 Å². The van der Waals surface area contributed by atoms with Gasteiger partial charge in [0.2, 0.25) is 5.95 Å². The van der Waals surface area contributed by atoms with Crippen LogP contribution in [0.4, 0.5) is 5.95 Å². The van der Waals surface area contributed by atoms with Gasteiger partial charge in [-0.15, -0.1) is 0 Å². The molecule has 0 saturated heterocycles. The number of nitrogens with zero attached hydrogens (tertiary/aromatic N) is 2. The number of rotatable bonds is 1. The Kier molecular flexibility index (Phi) is 2.02. The number of aromatic hydroxyl groups is 1. The summed E-state index contributed by atoms with van der Waals surface area (Å²) in [5.74, 6) is 0.833. The average Bonchev–Trinajstić information content (AvgIpc) is 2.83. The molecule has 4 heteroatoms. The fraction of sp³-hybridized carbons (Fsp3) is 0.417. The van der Waals surface area contributed by atoms with Crippen LogP contribution in [-0.2, 0) is 0 Å². The Hall–Kier alpha value is -1.71. The summed E-state index contributed by atoms with van der Waals surface area (Å²) in [5.41, 5.74) is 7.77. The lowest BCUT2D eigenvalue weighted by atomic mass is 10.2. The van der Waals surface area contributed by atoms with E-state index in [-0.39, 0.29) is 5.75 Å². The molecule has 84 valence electrons. The zero-order chi connectivity index (χ0) is 11.1. The lowest BCUT2D eigenvalue weighted by molar-refractivity contribution is 0.475. The maximum Gasteiger partial charge on any atom is 0.201 e. The second kappa shape index (κ2) is 3.40. The first-order chi connectivity index (χ1) is 7.75. The van der Waals surface area contributed by atoms with E-state index in [1.807, 2.05) is 6.07 Å². The molecule has 0 aliphatic heterocycles. The Morgan fingerprint density at radius 2 is 2.06 bits per heavy atom. The smallest absolute Gasteiger partial charge is 0.201 e. The third-order valence-corrected chi connectivity index (χ3v) is 3.39. The molecule has 0 atom stereocenters. The van der Waals surface area contributed by atoms with Crippen LogP contribution in [0.3, 0.4) is 0 Å². The minimum atomic E-state index is 0.270. The van der Waals surface area contributed by atoms with Gasteiger partial charge in [0, 0.05) is 12.1 Å². The lowest BCUT2D eigenvalue weighted by Crippen LogP contribution is -2.08. The molecular weight excluding hydrogens is 202 g/mol. The van der Waals surface area contributed by atoms with E-state index < -0.39 is 0 Å². The first kappa shape index (κ1) is 9.51. The molecule has 3 rings (SSSR count). The highest BCUT2D eigenvalue weighted by Gasteiger charge is 2.21. The molecule has 1 aromatic carbocycles. The number of imidazole rings is 1. The Morgan fingerprint density at radius 3 is 2.81 bits per heavy atom. The van der Waals surface area contributed by atoms with Gasteiger partial charge in [-0.2, -0.15) is 0 Å². The van der Waals surface area contributed by atoms with Gasteiger partial charge in [0.05, 0.1) is 11.0 Å². The number of anilines is 1. The summed E-state index contributed by atoms with van der Waals surface area (Å²) in [4.78, 5) is 4.33. The molecule has 0 spiro atoms. The van der Waals surface area contributed by atoms with Crippen molar-refractivity contribution in [3.63, 3.8) is 0 Å². The third-order valence-electron chi connectivity index (χ3n) is 3.39. The zero-order valence-electron chi connectivity index (χ0n) is 9.06. The summed E-state index contributed by atoms with van der Waals surface area (Å²) < 4.78 is 2.07. The number of fused-ring (bicyclic) bond motifs is 1. The minimum absolute atomic E-state index is 0.270. The van der Waals surface area contributed by atoms with Crippen molar-refractivity contribution in [2.45, 2.75) is 31.7 Å².